The highest BCUT2D eigenvalue weighted by atomic mass is 16.5. The van der Waals surface area contributed by atoms with Crippen LogP contribution in [0.25, 0.3) is 0 Å². The van der Waals surface area contributed by atoms with Gasteiger partial charge in [-0.3, -0.25) is 19.8 Å². The van der Waals surface area contributed by atoms with Crippen LogP contribution in [0.3, 0.4) is 0 Å². The smallest absolute Gasteiger partial charge is 0.254 e. The van der Waals surface area contributed by atoms with Crippen molar-refractivity contribution in [1.82, 2.24) is 10.2 Å². The summed E-state index contributed by atoms with van der Waals surface area (Å²) in [6.07, 6.45) is 0.939. The average molecular weight is 535 g/mol. The van der Waals surface area contributed by atoms with Crippen molar-refractivity contribution in [3.63, 3.8) is 0 Å². The van der Waals surface area contributed by atoms with E-state index in [4.69, 9.17) is 14.9 Å². The molecule has 1 amide bonds. The summed E-state index contributed by atoms with van der Waals surface area (Å²) in [7, 11) is 3.19. The maximum Gasteiger partial charge on any atom is 0.254 e. The van der Waals surface area contributed by atoms with Crippen molar-refractivity contribution >= 4 is 29.0 Å². The third-order valence-corrected chi connectivity index (χ3v) is 7.31. The number of carbonyl (C=O) groups excluding carboxylic acids is 3. The van der Waals surface area contributed by atoms with E-state index in [1.54, 1.807) is 31.2 Å². The van der Waals surface area contributed by atoms with Crippen LogP contribution in [-0.4, -0.2) is 68.6 Å². The van der Waals surface area contributed by atoms with E-state index in [-0.39, 0.29) is 35.3 Å². The van der Waals surface area contributed by atoms with Crippen molar-refractivity contribution in [2.75, 3.05) is 45.3 Å². The van der Waals surface area contributed by atoms with E-state index in [1.807, 2.05) is 19.1 Å². The van der Waals surface area contributed by atoms with Crippen molar-refractivity contribution in [2.45, 2.75) is 52.5 Å². The lowest BCUT2D eigenvalue weighted by Crippen LogP contribution is -2.35. The number of ether oxygens (including phenoxy) is 2. The van der Waals surface area contributed by atoms with Crippen molar-refractivity contribution in [3.8, 4) is 11.5 Å². The normalized spacial score (nSPS) is 15.3. The average Bonchev–Trinajstić information content (AvgIpc) is 3.20. The standard InChI is InChI=1S/C30H38N4O5/c1-7-39-26-14-19-16-34(28(31)21(19)15-22(26)29(37)32-5)17-25(36)18-12-23(30(2,3)4)27(38-6)24(13-18)33-10-8-20(35)9-11-33/h12-15,31H,7-11,16-17H2,1-6H3,(H,32,37). The number of nitrogens with zero attached hydrogens (tertiary/aromatic N) is 2. The predicted octanol–water partition coefficient (Wildman–Crippen LogP) is 3.94. The lowest BCUT2D eigenvalue weighted by Gasteiger charge is -2.33. The van der Waals surface area contributed by atoms with E-state index in [0.717, 1.165) is 22.6 Å². The molecule has 2 heterocycles. The van der Waals surface area contributed by atoms with Crippen molar-refractivity contribution in [1.29, 1.82) is 5.41 Å². The van der Waals surface area contributed by atoms with Gasteiger partial charge in [-0.25, -0.2) is 0 Å². The molecule has 0 bridgehead atoms. The summed E-state index contributed by atoms with van der Waals surface area (Å²) in [5.41, 5.74) is 3.81. The molecular weight excluding hydrogens is 496 g/mol. The summed E-state index contributed by atoms with van der Waals surface area (Å²) in [5.74, 6) is 1.22. The number of nitrogens with one attached hydrogen (secondary N) is 2. The maximum absolute atomic E-state index is 13.7. The second-order valence-corrected chi connectivity index (χ2v) is 11.0. The van der Waals surface area contributed by atoms with Gasteiger partial charge in [-0.2, -0.15) is 0 Å². The fourth-order valence-electron chi connectivity index (χ4n) is 5.19. The molecule has 208 valence electrons. The highest BCUT2D eigenvalue weighted by Gasteiger charge is 2.31. The fourth-order valence-corrected chi connectivity index (χ4v) is 5.19. The fraction of sp³-hybridized carbons (Fsp3) is 0.467. The lowest BCUT2D eigenvalue weighted by atomic mass is 9.84. The Balaban J connectivity index is 1.66. The highest BCUT2D eigenvalue weighted by molar-refractivity contribution is 6.08. The number of benzene rings is 2. The summed E-state index contributed by atoms with van der Waals surface area (Å²) >= 11 is 0. The Bertz CT molecular complexity index is 1320. The molecule has 0 aliphatic carbocycles. The first-order valence-corrected chi connectivity index (χ1v) is 13.4. The minimum atomic E-state index is -0.288. The summed E-state index contributed by atoms with van der Waals surface area (Å²) in [5, 5.41) is 11.4. The van der Waals surface area contributed by atoms with E-state index < -0.39 is 0 Å². The Kier molecular flexibility index (Phi) is 7.99. The zero-order chi connectivity index (χ0) is 28.5. The molecule has 0 saturated carbocycles. The zero-order valence-corrected chi connectivity index (χ0v) is 23.7. The molecule has 0 radical (unpaired) electrons. The third kappa shape index (κ3) is 5.62. The number of ketones is 2. The molecule has 1 fully saturated rings. The molecular formula is C30H38N4O5. The summed E-state index contributed by atoms with van der Waals surface area (Å²) < 4.78 is 11.6. The van der Waals surface area contributed by atoms with Crippen LogP contribution < -0.4 is 19.7 Å². The van der Waals surface area contributed by atoms with Gasteiger partial charge in [0.05, 0.1) is 31.5 Å². The van der Waals surface area contributed by atoms with E-state index in [1.165, 1.54) is 0 Å². The van der Waals surface area contributed by atoms with Crippen LogP contribution in [0.15, 0.2) is 24.3 Å². The Labute approximate surface area is 230 Å². The third-order valence-electron chi connectivity index (χ3n) is 7.31. The number of fused-ring (bicyclic) bond motifs is 1. The van der Waals surface area contributed by atoms with Gasteiger partial charge < -0.3 is 24.6 Å². The van der Waals surface area contributed by atoms with E-state index in [2.05, 4.69) is 31.0 Å². The van der Waals surface area contributed by atoms with Gasteiger partial charge in [-0.15, -0.1) is 0 Å². The molecule has 9 nitrogen and oxygen atoms in total. The van der Waals surface area contributed by atoms with Gasteiger partial charge >= 0.3 is 0 Å². The molecule has 0 spiro atoms. The number of hydrogen-bond acceptors (Lipinski definition) is 7. The Morgan fingerprint density at radius 1 is 1.10 bits per heavy atom. The van der Waals surface area contributed by atoms with Gasteiger partial charge in [0.25, 0.3) is 5.91 Å². The second-order valence-electron chi connectivity index (χ2n) is 11.0. The number of anilines is 1. The molecule has 1 saturated heterocycles. The van der Waals surface area contributed by atoms with Crippen LogP contribution in [0.5, 0.6) is 11.5 Å². The number of hydrogen-bond donors (Lipinski definition) is 2. The van der Waals surface area contributed by atoms with Crippen LogP contribution >= 0.6 is 0 Å². The summed E-state index contributed by atoms with van der Waals surface area (Å²) in [6, 6.07) is 7.22. The van der Waals surface area contributed by atoms with Crippen molar-refractivity contribution in [3.05, 3.63) is 52.1 Å². The molecule has 9 heteroatoms. The number of piperidine rings is 1. The van der Waals surface area contributed by atoms with Gasteiger partial charge in [-0.05, 0) is 42.2 Å². The van der Waals surface area contributed by atoms with Gasteiger partial charge in [0, 0.05) is 56.2 Å². The Morgan fingerprint density at radius 3 is 2.38 bits per heavy atom. The molecule has 2 aromatic carbocycles. The quantitative estimate of drug-likeness (QED) is 0.494. The molecule has 2 aliphatic heterocycles. The Morgan fingerprint density at radius 2 is 1.79 bits per heavy atom. The molecule has 0 unspecified atom stereocenters. The van der Waals surface area contributed by atoms with Crippen LogP contribution in [-0.2, 0) is 16.8 Å². The topological polar surface area (TPSA) is 112 Å². The molecule has 2 aromatic rings. The molecule has 2 N–H and O–H groups in total. The van der Waals surface area contributed by atoms with E-state index in [0.29, 0.717) is 61.5 Å². The second kappa shape index (κ2) is 11.1. The van der Waals surface area contributed by atoms with Crippen molar-refractivity contribution in [2.24, 2.45) is 0 Å². The molecule has 0 aromatic heterocycles. The number of Topliss-reactive ketones (excluding diaryl/α,β-unsaturated/α-hetero) is 2. The number of amidine groups is 1. The highest BCUT2D eigenvalue weighted by Crippen LogP contribution is 2.41. The van der Waals surface area contributed by atoms with Gasteiger partial charge in [0.1, 0.15) is 23.1 Å². The first kappa shape index (κ1) is 28.1. The number of rotatable bonds is 8. The van der Waals surface area contributed by atoms with Gasteiger partial charge in [-0.1, -0.05) is 20.8 Å². The zero-order valence-electron chi connectivity index (χ0n) is 23.7. The minimum absolute atomic E-state index is 0.0145. The SMILES string of the molecule is CCOc1cc2c(cc1C(=O)NC)C(=N)N(CC(=O)c1cc(N3CCC(=O)CC3)c(OC)c(C(C)(C)C)c1)C2. The molecule has 4 rings (SSSR count). The van der Waals surface area contributed by atoms with Crippen LogP contribution in [0.4, 0.5) is 5.69 Å². The van der Waals surface area contributed by atoms with E-state index in [9.17, 15) is 14.4 Å². The largest absolute Gasteiger partial charge is 0.494 e. The first-order valence-electron chi connectivity index (χ1n) is 13.4. The lowest BCUT2D eigenvalue weighted by molar-refractivity contribution is -0.119. The van der Waals surface area contributed by atoms with Crippen LogP contribution in [0.2, 0.25) is 0 Å². The van der Waals surface area contributed by atoms with Crippen LogP contribution in [0, 0.1) is 5.41 Å². The number of amides is 1. The summed E-state index contributed by atoms with van der Waals surface area (Å²) in [6.45, 7) is 10.0. The number of methoxy groups -OCH3 is 1. The van der Waals surface area contributed by atoms with Gasteiger partial charge in [0.2, 0.25) is 0 Å². The molecule has 39 heavy (non-hydrogen) atoms. The predicted molar refractivity (Wildman–Crippen MR) is 151 cm³/mol. The molecule has 0 atom stereocenters. The van der Waals surface area contributed by atoms with Crippen molar-refractivity contribution < 1.29 is 23.9 Å². The summed E-state index contributed by atoms with van der Waals surface area (Å²) in [4.78, 5) is 41.9. The van der Waals surface area contributed by atoms with Gasteiger partial charge in [0.15, 0.2) is 5.78 Å². The Hall–Kier alpha value is -3.88. The van der Waals surface area contributed by atoms with E-state index >= 15 is 0 Å². The monoisotopic (exact) mass is 534 g/mol. The first-order chi connectivity index (χ1) is 18.5. The van der Waals surface area contributed by atoms with Crippen LogP contribution in [0.1, 0.15) is 77.9 Å². The number of carbonyl (C=O) groups is 3. The minimum Gasteiger partial charge on any atom is -0.494 e. The maximum atomic E-state index is 13.7. The molecule has 2 aliphatic rings.